The fraction of sp³-hybridized carbons (Fsp3) is 0.400. The summed E-state index contributed by atoms with van der Waals surface area (Å²) in [5.41, 5.74) is 4.59. The number of piperidine rings is 1. The Balaban J connectivity index is 2.09. The Labute approximate surface area is 143 Å². The number of hydrogen-bond donors (Lipinski definition) is 1. The molecule has 1 saturated heterocycles. The van der Waals surface area contributed by atoms with Crippen molar-refractivity contribution < 1.29 is 9.90 Å². The van der Waals surface area contributed by atoms with Gasteiger partial charge in [0.15, 0.2) is 0 Å². The number of benzene rings is 1. The van der Waals surface area contributed by atoms with Gasteiger partial charge in [0.1, 0.15) is 6.04 Å². The van der Waals surface area contributed by atoms with Crippen molar-refractivity contribution in [1.82, 2.24) is 9.88 Å². The van der Waals surface area contributed by atoms with Crippen LogP contribution < -0.4 is 0 Å². The molecule has 2 atom stereocenters. The summed E-state index contributed by atoms with van der Waals surface area (Å²) in [5, 5.41) is 9.70. The predicted octanol–water partition coefficient (Wildman–Crippen LogP) is 3.73. The van der Waals surface area contributed by atoms with Crippen LogP contribution in [0.4, 0.5) is 0 Å². The molecule has 1 N–H and O–H groups in total. The summed E-state index contributed by atoms with van der Waals surface area (Å²) >= 11 is 0. The molecule has 1 aromatic carbocycles. The zero-order valence-electron chi connectivity index (χ0n) is 14.3. The van der Waals surface area contributed by atoms with Gasteiger partial charge in [0.2, 0.25) is 0 Å². The molecule has 0 saturated carbocycles. The average Bonchev–Trinajstić information content (AvgIpc) is 2.55. The van der Waals surface area contributed by atoms with Gasteiger partial charge < -0.3 is 5.11 Å². The first-order chi connectivity index (χ1) is 11.6. The molecule has 2 unspecified atom stereocenters. The third kappa shape index (κ3) is 3.49. The summed E-state index contributed by atoms with van der Waals surface area (Å²) in [7, 11) is 0. The lowest BCUT2D eigenvalue weighted by Crippen LogP contribution is -2.46. The Kier molecular flexibility index (Phi) is 4.95. The largest absolute Gasteiger partial charge is 0.480 e. The van der Waals surface area contributed by atoms with Gasteiger partial charge in [-0.2, -0.15) is 0 Å². The van der Waals surface area contributed by atoms with Gasteiger partial charge in [-0.15, -0.1) is 0 Å². The van der Waals surface area contributed by atoms with E-state index in [1.807, 2.05) is 18.3 Å². The fourth-order valence-electron chi connectivity index (χ4n) is 3.81. The van der Waals surface area contributed by atoms with Crippen LogP contribution in [0.3, 0.4) is 0 Å². The molecule has 3 rings (SSSR count). The second-order valence-electron chi connectivity index (χ2n) is 6.70. The highest BCUT2D eigenvalue weighted by atomic mass is 16.4. The van der Waals surface area contributed by atoms with Crippen LogP contribution in [-0.4, -0.2) is 33.5 Å². The minimum Gasteiger partial charge on any atom is -0.480 e. The number of nitrogens with zero attached hydrogens (tertiary/aromatic N) is 2. The molecule has 1 aliphatic rings. The number of hydrogen-bond acceptors (Lipinski definition) is 3. The number of aryl methyl sites for hydroxylation is 2. The van der Waals surface area contributed by atoms with Crippen molar-refractivity contribution in [3.05, 3.63) is 65.0 Å². The van der Waals surface area contributed by atoms with Gasteiger partial charge in [-0.25, -0.2) is 0 Å². The molecule has 0 amide bonds. The minimum atomic E-state index is -0.729. The van der Waals surface area contributed by atoms with Gasteiger partial charge in [0, 0.05) is 12.4 Å². The van der Waals surface area contributed by atoms with Gasteiger partial charge in [-0.3, -0.25) is 14.7 Å². The van der Waals surface area contributed by atoms with E-state index in [0.717, 1.165) is 30.5 Å². The highest BCUT2D eigenvalue weighted by Crippen LogP contribution is 2.34. The number of carbonyl (C=O) groups is 1. The number of aliphatic carboxylic acids is 1. The second-order valence-corrected chi connectivity index (χ2v) is 6.70. The first-order valence-electron chi connectivity index (χ1n) is 8.53. The van der Waals surface area contributed by atoms with Gasteiger partial charge in [-0.1, -0.05) is 41.8 Å². The summed E-state index contributed by atoms with van der Waals surface area (Å²) in [6.07, 6.45) is 6.32. The predicted molar refractivity (Wildman–Crippen MR) is 94.0 cm³/mol. The molecule has 24 heavy (non-hydrogen) atoms. The molecule has 2 heterocycles. The van der Waals surface area contributed by atoms with Crippen LogP contribution in [-0.2, 0) is 4.79 Å². The van der Waals surface area contributed by atoms with Crippen molar-refractivity contribution in [2.75, 3.05) is 6.54 Å². The lowest BCUT2D eigenvalue weighted by atomic mass is 9.91. The SMILES string of the molecule is Cc1cc(C)cc(C(c2cccnc2)N2CCCCC2C(=O)O)c1. The first kappa shape index (κ1) is 16.7. The third-order valence-corrected chi connectivity index (χ3v) is 4.72. The molecule has 0 bridgehead atoms. The van der Waals surface area contributed by atoms with Crippen LogP contribution in [0.15, 0.2) is 42.7 Å². The standard InChI is InChI=1S/C20H24N2O2/c1-14-10-15(2)12-17(11-14)19(16-6-5-8-21-13-16)22-9-4-3-7-18(22)20(23)24/h5-6,8,10-13,18-19H,3-4,7,9H2,1-2H3,(H,23,24). The molecule has 126 valence electrons. The quantitative estimate of drug-likeness (QED) is 0.931. The van der Waals surface area contributed by atoms with Crippen LogP contribution >= 0.6 is 0 Å². The maximum absolute atomic E-state index is 11.8. The summed E-state index contributed by atoms with van der Waals surface area (Å²) in [6.45, 7) is 4.97. The summed E-state index contributed by atoms with van der Waals surface area (Å²) in [4.78, 5) is 18.2. The van der Waals surface area contributed by atoms with E-state index in [1.54, 1.807) is 6.20 Å². The van der Waals surface area contributed by atoms with E-state index in [4.69, 9.17) is 0 Å². The molecule has 4 heteroatoms. The van der Waals surface area contributed by atoms with Crippen molar-refractivity contribution in [2.45, 2.75) is 45.2 Å². The molecular weight excluding hydrogens is 300 g/mol. The van der Waals surface area contributed by atoms with Crippen molar-refractivity contribution in [2.24, 2.45) is 0 Å². The van der Waals surface area contributed by atoms with Crippen molar-refractivity contribution in [1.29, 1.82) is 0 Å². The third-order valence-electron chi connectivity index (χ3n) is 4.72. The molecule has 1 aliphatic heterocycles. The van der Waals surface area contributed by atoms with Crippen molar-refractivity contribution >= 4 is 5.97 Å². The van der Waals surface area contributed by atoms with E-state index in [0.29, 0.717) is 6.42 Å². The topological polar surface area (TPSA) is 53.4 Å². The molecule has 4 nitrogen and oxygen atoms in total. The molecule has 1 fully saturated rings. The summed E-state index contributed by atoms with van der Waals surface area (Å²) < 4.78 is 0. The number of carboxylic acids is 1. The van der Waals surface area contributed by atoms with Crippen molar-refractivity contribution in [3.8, 4) is 0 Å². The van der Waals surface area contributed by atoms with E-state index in [-0.39, 0.29) is 6.04 Å². The van der Waals surface area contributed by atoms with E-state index in [1.165, 1.54) is 11.1 Å². The number of likely N-dealkylation sites (tertiary alicyclic amines) is 1. The van der Waals surface area contributed by atoms with E-state index in [9.17, 15) is 9.90 Å². The van der Waals surface area contributed by atoms with E-state index >= 15 is 0 Å². The molecular formula is C20H24N2O2. The van der Waals surface area contributed by atoms with Gasteiger partial charge in [0.05, 0.1) is 6.04 Å². The van der Waals surface area contributed by atoms with E-state index in [2.05, 4.69) is 41.9 Å². The Morgan fingerprint density at radius 3 is 2.58 bits per heavy atom. The molecule has 2 aromatic rings. The van der Waals surface area contributed by atoms with Crippen LogP contribution in [0.5, 0.6) is 0 Å². The fourth-order valence-corrected chi connectivity index (χ4v) is 3.81. The van der Waals surface area contributed by atoms with Crippen LogP contribution in [0.2, 0.25) is 0 Å². The monoisotopic (exact) mass is 324 g/mol. The van der Waals surface area contributed by atoms with E-state index < -0.39 is 12.0 Å². The Hall–Kier alpha value is -2.20. The molecule has 0 spiro atoms. The maximum atomic E-state index is 11.8. The zero-order chi connectivity index (χ0) is 17.1. The van der Waals surface area contributed by atoms with Crippen LogP contribution in [0, 0.1) is 13.8 Å². The van der Waals surface area contributed by atoms with Crippen LogP contribution in [0.1, 0.15) is 47.6 Å². The number of aromatic nitrogens is 1. The Morgan fingerprint density at radius 2 is 1.96 bits per heavy atom. The maximum Gasteiger partial charge on any atom is 0.320 e. The lowest BCUT2D eigenvalue weighted by molar-refractivity contribution is -0.145. The number of carboxylic acid groups (broad SMARTS) is 1. The average molecular weight is 324 g/mol. The minimum absolute atomic E-state index is 0.0706. The highest BCUT2D eigenvalue weighted by Gasteiger charge is 2.35. The van der Waals surface area contributed by atoms with Gasteiger partial charge in [0.25, 0.3) is 0 Å². The lowest BCUT2D eigenvalue weighted by Gasteiger charge is -2.39. The second kappa shape index (κ2) is 7.14. The first-order valence-corrected chi connectivity index (χ1v) is 8.53. The van der Waals surface area contributed by atoms with Crippen LogP contribution in [0.25, 0.3) is 0 Å². The highest BCUT2D eigenvalue weighted by molar-refractivity contribution is 5.73. The smallest absolute Gasteiger partial charge is 0.320 e. The Morgan fingerprint density at radius 1 is 1.21 bits per heavy atom. The summed E-state index contributed by atoms with van der Waals surface area (Å²) in [5.74, 6) is -0.729. The normalized spacial score (nSPS) is 19.8. The Bertz CT molecular complexity index is 695. The van der Waals surface area contributed by atoms with Gasteiger partial charge in [-0.05, 0) is 50.4 Å². The molecule has 0 aliphatic carbocycles. The molecule has 0 radical (unpaired) electrons. The number of rotatable bonds is 4. The molecule has 1 aromatic heterocycles. The zero-order valence-corrected chi connectivity index (χ0v) is 14.3. The summed E-state index contributed by atoms with van der Waals surface area (Å²) in [6, 6.07) is 9.93. The number of pyridine rings is 1. The van der Waals surface area contributed by atoms with Crippen molar-refractivity contribution in [3.63, 3.8) is 0 Å². The van der Waals surface area contributed by atoms with Gasteiger partial charge >= 0.3 is 5.97 Å².